The highest BCUT2D eigenvalue weighted by Crippen LogP contribution is 2.42. The molecule has 0 aromatic carbocycles. The summed E-state index contributed by atoms with van der Waals surface area (Å²) >= 11 is 0. The van der Waals surface area contributed by atoms with Gasteiger partial charge in [-0.05, 0) is 64.5 Å². The van der Waals surface area contributed by atoms with Crippen LogP contribution in [0, 0.1) is 11.8 Å². The van der Waals surface area contributed by atoms with Crippen LogP contribution < -0.4 is 0 Å². The molecule has 2 aliphatic rings. The van der Waals surface area contributed by atoms with Gasteiger partial charge in [-0.25, -0.2) is 0 Å². The molecule has 0 radical (unpaired) electrons. The predicted octanol–water partition coefficient (Wildman–Crippen LogP) is 3.83. The number of rotatable bonds is 3. The van der Waals surface area contributed by atoms with Crippen LogP contribution in [0.4, 0.5) is 0 Å². The molecule has 2 nitrogen and oxygen atoms in total. The fraction of sp³-hybridized carbons (Fsp3) is 1.00. The highest BCUT2D eigenvalue weighted by molar-refractivity contribution is 5.00. The minimum absolute atomic E-state index is 0.0571. The van der Waals surface area contributed by atoms with Crippen molar-refractivity contribution >= 4 is 0 Å². The Bertz CT molecular complexity index is 260. The molecule has 0 spiro atoms. The summed E-state index contributed by atoms with van der Waals surface area (Å²) in [5.41, 5.74) is 0.0571. The highest BCUT2D eigenvalue weighted by Gasteiger charge is 2.45. The Kier molecular flexibility index (Phi) is 5.30. The number of nitrogens with zero attached hydrogens (tertiary/aromatic N) is 1. The molecule has 2 fully saturated rings. The van der Waals surface area contributed by atoms with Crippen molar-refractivity contribution in [2.45, 2.75) is 82.8 Å². The first-order chi connectivity index (χ1) is 9.06. The van der Waals surface area contributed by atoms with Crippen LogP contribution in [0.3, 0.4) is 0 Å². The Hall–Kier alpha value is -0.0800. The van der Waals surface area contributed by atoms with Gasteiger partial charge < -0.3 is 10.0 Å². The molecule has 0 saturated heterocycles. The van der Waals surface area contributed by atoms with Gasteiger partial charge in [0.2, 0.25) is 0 Å². The summed E-state index contributed by atoms with van der Waals surface area (Å²) in [6.07, 6.45) is 12.7. The number of aliphatic hydroxyl groups is 1. The molecule has 112 valence electrons. The maximum absolute atomic E-state index is 11.1. The monoisotopic (exact) mass is 267 g/mol. The Morgan fingerprint density at radius 3 is 1.95 bits per heavy atom. The second-order valence-electron chi connectivity index (χ2n) is 7.38. The fourth-order valence-electron chi connectivity index (χ4n) is 4.33. The van der Waals surface area contributed by atoms with Gasteiger partial charge in [0.05, 0.1) is 6.10 Å². The van der Waals surface area contributed by atoms with E-state index in [0.29, 0.717) is 5.92 Å². The third kappa shape index (κ3) is 3.33. The summed E-state index contributed by atoms with van der Waals surface area (Å²) in [5.74, 6) is 1.38. The maximum atomic E-state index is 11.1. The molecule has 0 aromatic rings. The van der Waals surface area contributed by atoms with Crippen molar-refractivity contribution in [2.75, 3.05) is 14.1 Å². The summed E-state index contributed by atoms with van der Waals surface area (Å²) in [7, 11) is 4.35. The summed E-state index contributed by atoms with van der Waals surface area (Å²) in [5, 5.41) is 11.1. The minimum atomic E-state index is -0.118. The van der Waals surface area contributed by atoms with Gasteiger partial charge in [0.25, 0.3) is 0 Å². The van der Waals surface area contributed by atoms with E-state index in [0.717, 1.165) is 5.92 Å². The van der Waals surface area contributed by atoms with Gasteiger partial charge in [-0.1, -0.05) is 32.6 Å². The molecule has 1 atom stereocenters. The van der Waals surface area contributed by atoms with Crippen LogP contribution in [0.2, 0.25) is 0 Å². The van der Waals surface area contributed by atoms with Gasteiger partial charge in [0.1, 0.15) is 0 Å². The van der Waals surface area contributed by atoms with Crippen LogP contribution >= 0.6 is 0 Å². The zero-order chi connectivity index (χ0) is 13.9. The third-order valence-corrected chi connectivity index (χ3v) is 5.93. The van der Waals surface area contributed by atoms with E-state index in [1.807, 2.05) is 0 Å². The molecule has 2 aliphatic carbocycles. The van der Waals surface area contributed by atoms with Crippen molar-refractivity contribution in [2.24, 2.45) is 11.8 Å². The molecule has 2 heteroatoms. The fourth-order valence-corrected chi connectivity index (χ4v) is 4.33. The Labute approximate surface area is 119 Å². The molecule has 0 aliphatic heterocycles. The van der Waals surface area contributed by atoms with E-state index < -0.39 is 0 Å². The van der Waals surface area contributed by atoms with Crippen LogP contribution in [-0.4, -0.2) is 35.7 Å². The van der Waals surface area contributed by atoms with Gasteiger partial charge in [0, 0.05) is 5.54 Å². The Morgan fingerprint density at radius 1 is 0.947 bits per heavy atom. The summed E-state index contributed by atoms with van der Waals surface area (Å²) in [6.45, 7) is 2.36. The molecular formula is C17H33NO. The molecule has 2 rings (SSSR count). The van der Waals surface area contributed by atoms with E-state index in [4.69, 9.17) is 0 Å². The Morgan fingerprint density at radius 2 is 1.47 bits per heavy atom. The van der Waals surface area contributed by atoms with E-state index in [2.05, 4.69) is 25.9 Å². The molecule has 1 unspecified atom stereocenters. The zero-order valence-corrected chi connectivity index (χ0v) is 13.2. The molecule has 0 bridgehead atoms. The molecule has 2 saturated carbocycles. The summed E-state index contributed by atoms with van der Waals surface area (Å²) < 4.78 is 0. The van der Waals surface area contributed by atoms with E-state index in [-0.39, 0.29) is 11.6 Å². The van der Waals surface area contributed by atoms with E-state index in [9.17, 15) is 5.11 Å². The first kappa shape index (κ1) is 15.3. The standard InChI is InChI=1S/C17H33NO/c1-14-10-12-17(13-11-14,18(2)3)16(19)15-8-6-4-5-7-9-15/h14-16,19H,4-13H2,1-3H3. The lowest BCUT2D eigenvalue weighted by Gasteiger charge is -2.50. The van der Waals surface area contributed by atoms with Gasteiger partial charge in [0.15, 0.2) is 0 Å². The third-order valence-electron chi connectivity index (χ3n) is 5.93. The maximum Gasteiger partial charge on any atom is 0.0751 e. The Balaban J connectivity index is 2.09. The molecular weight excluding hydrogens is 234 g/mol. The highest BCUT2D eigenvalue weighted by atomic mass is 16.3. The normalized spacial score (nSPS) is 36.2. The lowest BCUT2D eigenvalue weighted by atomic mass is 9.69. The lowest BCUT2D eigenvalue weighted by molar-refractivity contribution is -0.0708. The molecule has 19 heavy (non-hydrogen) atoms. The van der Waals surface area contributed by atoms with Crippen molar-refractivity contribution in [3.63, 3.8) is 0 Å². The van der Waals surface area contributed by atoms with Crippen molar-refractivity contribution in [3.8, 4) is 0 Å². The first-order valence-corrected chi connectivity index (χ1v) is 8.42. The summed E-state index contributed by atoms with van der Waals surface area (Å²) in [6, 6.07) is 0. The summed E-state index contributed by atoms with van der Waals surface area (Å²) in [4.78, 5) is 2.34. The molecule has 1 N–H and O–H groups in total. The van der Waals surface area contributed by atoms with Gasteiger partial charge >= 0.3 is 0 Å². The van der Waals surface area contributed by atoms with Crippen molar-refractivity contribution < 1.29 is 5.11 Å². The average Bonchev–Trinajstić information content (AvgIpc) is 2.67. The quantitative estimate of drug-likeness (QED) is 0.786. The number of likely N-dealkylation sites (N-methyl/N-ethyl adjacent to an activating group) is 1. The number of aliphatic hydroxyl groups excluding tert-OH is 1. The predicted molar refractivity (Wildman–Crippen MR) is 81.2 cm³/mol. The number of hydrogen-bond acceptors (Lipinski definition) is 2. The first-order valence-electron chi connectivity index (χ1n) is 8.42. The van der Waals surface area contributed by atoms with Crippen molar-refractivity contribution in [1.82, 2.24) is 4.90 Å². The van der Waals surface area contributed by atoms with Crippen LogP contribution in [-0.2, 0) is 0 Å². The van der Waals surface area contributed by atoms with Crippen LogP contribution in [0.1, 0.15) is 71.1 Å². The molecule has 0 amide bonds. The minimum Gasteiger partial charge on any atom is -0.391 e. The molecule has 0 aromatic heterocycles. The van der Waals surface area contributed by atoms with Crippen molar-refractivity contribution in [1.29, 1.82) is 0 Å². The van der Waals surface area contributed by atoms with E-state index in [1.165, 1.54) is 64.2 Å². The van der Waals surface area contributed by atoms with Gasteiger partial charge in [-0.2, -0.15) is 0 Å². The zero-order valence-electron chi connectivity index (χ0n) is 13.2. The average molecular weight is 267 g/mol. The van der Waals surface area contributed by atoms with E-state index in [1.54, 1.807) is 0 Å². The second kappa shape index (κ2) is 6.58. The smallest absolute Gasteiger partial charge is 0.0751 e. The van der Waals surface area contributed by atoms with E-state index >= 15 is 0 Å². The van der Waals surface area contributed by atoms with Crippen LogP contribution in [0.15, 0.2) is 0 Å². The van der Waals surface area contributed by atoms with Crippen LogP contribution in [0.25, 0.3) is 0 Å². The topological polar surface area (TPSA) is 23.5 Å². The lowest BCUT2D eigenvalue weighted by Crippen LogP contribution is -2.57. The van der Waals surface area contributed by atoms with Crippen LogP contribution in [0.5, 0.6) is 0 Å². The van der Waals surface area contributed by atoms with Gasteiger partial charge in [-0.3, -0.25) is 0 Å². The van der Waals surface area contributed by atoms with Crippen molar-refractivity contribution in [3.05, 3.63) is 0 Å². The number of hydrogen-bond donors (Lipinski definition) is 1. The molecule has 0 heterocycles. The van der Waals surface area contributed by atoms with Gasteiger partial charge in [-0.15, -0.1) is 0 Å². The second-order valence-corrected chi connectivity index (χ2v) is 7.38. The SMILES string of the molecule is CC1CCC(C(O)C2CCCCCC2)(N(C)C)CC1. The largest absolute Gasteiger partial charge is 0.391 e.